The van der Waals surface area contributed by atoms with E-state index < -0.39 is 0 Å². The summed E-state index contributed by atoms with van der Waals surface area (Å²) in [6.45, 7) is 3.66. The Bertz CT molecular complexity index is 766. The summed E-state index contributed by atoms with van der Waals surface area (Å²) in [5.74, 6) is 0.133. The maximum Gasteiger partial charge on any atom is 0.271 e. The fourth-order valence-corrected chi connectivity index (χ4v) is 2.07. The number of nitrogens with zero attached hydrogens (tertiary/aromatic N) is 1. The topological polar surface area (TPSA) is 79.8 Å². The first-order valence-corrected chi connectivity index (χ1v) is 7.82. The molecule has 0 radical (unpaired) electrons. The monoisotopic (exact) mass is 339 g/mol. The third-order valence-electron chi connectivity index (χ3n) is 3.45. The Balaban J connectivity index is 1.86. The van der Waals surface area contributed by atoms with Gasteiger partial charge in [0.1, 0.15) is 5.75 Å². The smallest absolute Gasteiger partial charge is 0.271 e. The van der Waals surface area contributed by atoms with Gasteiger partial charge in [-0.3, -0.25) is 9.59 Å². The molecule has 130 valence electrons. The standard InChI is InChI=1S/C19H21N3O3/c1-13-4-8-16(9-5-13)20-18(23)12-14(2)21-22-19(24)15-6-10-17(25-3)11-7-15/h4-11H,12H2,1-3H3,(H,20,23)(H,22,24)/b21-14+. The third-order valence-corrected chi connectivity index (χ3v) is 3.45. The number of amides is 2. The fraction of sp³-hybridized carbons (Fsp3) is 0.211. The van der Waals surface area contributed by atoms with Crippen LogP contribution in [0.3, 0.4) is 0 Å². The highest BCUT2D eigenvalue weighted by atomic mass is 16.5. The number of hydrogen-bond donors (Lipinski definition) is 2. The fourth-order valence-electron chi connectivity index (χ4n) is 2.07. The SMILES string of the molecule is COc1ccc(C(=O)N/N=C(\C)CC(=O)Nc2ccc(C)cc2)cc1. The van der Waals surface area contributed by atoms with E-state index >= 15 is 0 Å². The molecule has 0 aliphatic carbocycles. The van der Waals surface area contributed by atoms with Crippen molar-refractivity contribution in [1.29, 1.82) is 0 Å². The molecule has 6 heteroatoms. The second-order valence-electron chi connectivity index (χ2n) is 5.61. The zero-order valence-electron chi connectivity index (χ0n) is 14.5. The van der Waals surface area contributed by atoms with Gasteiger partial charge in [-0.15, -0.1) is 0 Å². The molecule has 0 aromatic heterocycles. The van der Waals surface area contributed by atoms with Crippen LogP contribution >= 0.6 is 0 Å². The predicted molar refractivity (Wildman–Crippen MR) is 98.0 cm³/mol. The molecule has 0 saturated carbocycles. The van der Waals surface area contributed by atoms with E-state index in [0.717, 1.165) is 11.3 Å². The zero-order chi connectivity index (χ0) is 18.2. The number of anilines is 1. The van der Waals surface area contributed by atoms with E-state index in [-0.39, 0.29) is 18.2 Å². The lowest BCUT2D eigenvalue weighted by Gasteiger charge is -2.06. The number of carbonyl (C=O) groups is 2. The maximum atomic E-state index is 12.0. The average Bonchev–Trinajstić information content (AvgIpc) is 2.61. The average molecular weight is 339 g/mol. The van der Waals surface area contributed by atoms with E-state index in [9.17, 15) is 9.59 Å². The number of ether oxygens (including phenoxy) is 1. The highest BCUT2D eigenvalue weighted by Gasteiger charge is 2.07. The van der Waals surface area contributed by atoms with Gasteiger partial charge in [0.25, 0.3) is 5.91 Å². The van der Waals surface area contributed by atoms with Crippen LogP contribution < -0.4 is 15.5 Å². The molecule has 2 N–H and O–H groups in total. The molecule has 25 heavy (non-hydrogen) atoms. The van der Waals surface area contributed by atoms with Crippen molar-refractivity contribution in [1.82, 2.24) is 5.43 Å². The number of hydrazone groups is 1. The number of carbonyl (C=O) groups excluding carboxylic acids is 2. The van der Waals surface area contributed by atoms with Gasteiger partial charge in [-0.1, -0.05) is 17.7 Å². The number of benzene rings is 2. The Hall–Kier alpha value is -3.15. The molecule has 0 heterocycles. The van der Waals surface area contributed by atoms with Gasteiger partial charge in [0.2, 0.25) is 5.91 Å². The van der Waals surface area contributed by atoms with Crippen LogP contribution in [0.15, 0.2) is 53.6 Å². The lowest BCUT2D eigenvalue weighted by molar-refractivity contribution is -0.115. The van der Waals surface area contributed by atoms with Gasteiger partial charge < -0.3 is 10.1 Å². The van der Waals surface area contributed by atoms with Crippen LogP contribution in [0.2, 0.25) is 0 Å². The van der Waals surface area contributed by atoms with Gasteiger partial charge in [0, 0.05) is 17.0 Å². The van der Waals surface area contributed by atoms with Crippen molar-refractivity contribution in [3.05, 3.63) is 59.7 Å². The van der Waals surface area contributed by atoms with Crippen LogP contribution in [0.4, 0.5) is 5.69 Å². The van der Waals surface area contributed by atoms with Crippen molar-refractivity contribution < 1.29 is 14.3 Å². The Morgan fingerprint density at radius 2 is 1.68 bits per heavy atom. The second kappa shape index (κ2) is 8.63. The molecular weight excluding hydrogens is 318 g/mol. The van der Waals surface area contributed by atoms with E-state index in [0.29, 0.717) is 17.0 Å². The summed E-state index contributed by atoms with van der Waals surface area (Å²) in [7, 11) is 1.56. The van der Waals surface area contributed by atoms with Gasteiger partial charge in [-0.25, -0.2) is 5.43 Å². The quantitative estimate of drug-likeness (QED) is 0.627. The molecule has 0 fully saturated rings. The summed E-state index contributed by atoms with van der Waals surface area (Å²) in [6, 6.07) is 14.2. The molecule has 0 aliphatic rings. The molecule has 0 atom stereocenters. The predicted octanol–water partition coefficient (Wildman–Crippen LogP) is 3.14. The molecule has 0 saturated heterocycles. The Kier molecular flexibility index (Phi) is 6.28. The van der Waals surface area contributed by atoms with Crippen LogP contribution in [0, 0.1) is 6.92 Å². The number of nitrogens with one attached hydrogen (secondary N) is 2. The molecule has 0 bridgehead atoms. The number of aryl methyl sites for hydroxylation is 1. The molecule has 0 unspecified atom stereocenters. The first-order valence-electron chi connectivity index (χ1n) is 7.82. The summed E-state index contributed by atoms with van der Waals surface area (Å²) in [4.78, 5) is 24.0. The first kappa shape index (κ1) is 18.2. The molecule has 2 amide bonds. The molecule has 2 aromatic rings. The summed E-state index contributed by atoms with van der Waals surface area (Å²) < 4.78 is 5.04. The van der Waals surface area contributed by atoms with Crippen molar-refractivity contribution in [2.75, 3.05) is 12.4 Å². The number of rotatable bonds is 6. The van der Waals surface area contributed by atoms with E-state index in [4.69, 9.17) is 4.74 Å². The Morgan fingerprint density at radius 3 is 2.28 bits per heavy atom. The summed E-state index contributed by atoms with van der Waals surface area (Å²) in [5, 5.41) is 6.75. The van der Waals surface area contributed by atoms with Gasteiger partial charge in [0.05, 0.1) is 13.5 Å². The minimum absolute atomic E-state index is 0.0940. The highest BCUT2D eigenvalue weighted by molar-refractivity contribution is 6.06. The van der Waals surface area contributed by atoms with Gasteiger partial charge in [-0.2, -0.15) is 5.10 Å². The maximum absolute atomic E-state index is 12.0. The summed E-state index contributed by atoms with van der Waals surface area (Å²) in [5.41, 5.74) is 5.26. The van der Waals surface area contributed by atoms with E-state index in [1.54, 1.807) is 38.3 Å². The van der Waals surface area contributed by atoms with Crippen LogP contribution in [-0.4, -0.2) is 24.6 Å². The number of methoxy groups -OCH3 is 1. The Labute approximate surface area is 146 Å². The van der Waals surface area contributed by atoms with Crippen molar-refractivity contribution in [2.24, 2.45) is 5.10 Å². The van der Waals surface area contributed by atoms with Crippen LogP contribution in [0.1, 0.15) is 29.3 Å². The van der Waals surface area contributed by atoms with Crippen molar-refractivity contribution in [3.63, 3.8) is 0 Å². The largest absolute Gasteiger partial charge is 0.497 e. The van der Waals surface area contributed by atoms with Crippen LogP contribution in [0.25, 0.3) is 0 Å². The van der Waals surface area contributed by atoms with E-state index in [1.165, 1.54) is 0 Å². The molecular formula is C19H21N3O3. The molecule has 2 rings (SSSR count). The van der Waals surface area contributed by atoms with Gasteiger partial charge in [0.15, 0.2) is 0 Å². The van der Waals surface area contributed by atoms with E-state index in [1.807, 2.05) is 31.2 Å². The molecule has 6 nitrogen and oxygen atoms in total. The zero-order valence-corrected chi connectivity index (χ0v) is 14.5. The second-order valence-corrected chi connectivity index (χ2v) is 5.61. The van der Waals surface area contributed by atoms with Crippen molar-refractivity contribution >= 4 is 23.2 Å². The third kappa shape index (κ3) is 5.76. The van der Waals surface area contributed by atoms with Crippen molar-refractivity contribution in [3.8, 4) is 5.75 Å². The van der Waals surface area contributed by atoms with E-state index in [2.05, 4.69) is 15.8 Å². The molecule has 0 aliphatic heterocycles. The van der Waals surface area contributed by atoms with Crippen LogP contribution in [0.5, 0.6) is 5.75 Å². The van der Waals surface area contributed by atoms with Crippen LogP contribution in [-0.2, 0) is 4.79 Å². The molecule has 0 spiro atoms. The lowest BCUT2D eigenvalue weighted by atomic mass is 10.2. The minimum atomic E-state index is -0.346. The first-order chi connectivity index (χ1) is 12.0. The Morgan fingerprint density at radius 1 is 1.04 bits per heavy atom. The molecule has 2 aromatic carbocycles. The lowest BCUT2D eigenvalue weighted by Crippen LogP contribution is -2.21. The highest BCUT2D eigenvalue weighted by Crippen LogP contribution is 2.11. The summed E-state index contributed by atoms with van der Waals surface area (Å²) >= 11 is 0. The van der Waals surface area contributed by atoms with Crippen molar-refractivity contribution in [2.45, 2.75) is 20.3 Å². The summed E-state index contributed by atoms with van der Waals surface area (Å²) in [6.07, 6.45) is 0.0940. The van der Waals surface area contributed by atoms with Gasteiger partial charge >= 0.3 is 0 Å². The minimum Gasteiger partial charge on any atom is -0.497 e. The normalized spacial score (nSPS) is 10.9. The van der Waals surface area contributed by atoms with Gasteiger partial charge in [-0.05, 0) is 50.2 Å². The number of hydrogen-bond acceptors (Lipinski definition) is 4.